The lowest BCUT2D eigenvalue weighted by molar-refractivity contribution is -0.123. The normalized spacial score (nSPS) is 11.9. The average molecular weight is 899 g/mol. The molecule has 1 atom stereocenters. The maximum Gasteiger partial charge on any atom is 0.410 e. The van der Waals surface area contributed by atoms with Gasteiger partial charge in [-0.3, -0.25) is 4.79 Å². The number of hydrogen-bond donors (Lipinski definition) is 4. The van der Waals surface area contributed by atoms with Gasteiger partial charge in [0.2, 0.25) is 5.91 Å². The summed E-state index contributed by atoms with van der Waals surface area (Å²) in [6.45, 7) is 18.4. The van der Waals surface area contributed by atoms with Gasteiger partial charge < -0.3 is 54.8 Å². The summed E-state index contributed by atoms with van der Waals surface area (Å²) in [5.41, 5.74) is -0.405. The van der Waals surface area contributed by atoms with Gasteiger partial charge >= 0.3 is 30.5 Å². The van der Waals surface area contributed by atoms with Crippen LogP contribution in [0.15, 0.2) is 60.7 Å². The molecule has 0 unspecified atom stereocenters. The monoisotopic (exact) mass is 899 g/mol. The largest absolute Gasteiger partial charge is 0.445 e. The molecule has 64 heavy (non-hydrogen) atoms. The summed E-state index contributed by atoms with van der Waals surface area (Å²) in [7, 11) is 0. The van der Waals surface area contributed by atoms with Crippen LogP contribution in [-0.2, 0) is 41.7 Å². The van der Waals surface area contributed by atoms with E-state index in [0.29, 0.717) is 71.2 Å². The van der Waals surface area contributed by atoms with Crippen LogP contribution in [0.1, 0.15) is 118 Å². The smallest absolute Gasteiger partial charge is 0.410 e. The van der Waals surface area contributed by atoms with Gasteiger partial charge in [0, 0.05) is 45.8 Å². The highest BCUT2D eigenvalue weighted by Gasteiger charge is 2.25. The molecule has 17 nitrogen and oxygen atoms in total. The van der Waals surface area contributed by atoms with Gasteiger partial charge in [-0.2, -0.15) is 0 Å². The van der Waals surface area contributed by atoms with Crippen LogP contribution in [0.5, 0.6) is 0 Å². The number of carbonyl (C=O) groups is 6. The number of amides is 6. The number of alkyl carbamates (subject to hydrolysis) is 3. The van der Waals surface area contributed by atoms with Crippen LogP contribution in [0.4, 0.5) is 24.0 Å². The van der Waals surface area contributed by atoms with Crippen molar-refractivity contribution in [3.8, 4) is 0 Å². The SMILES string of the molecule is CC(C)(C)OC(=O)NCCCN(CCCCN(CCCNC(=O)[C@H](CCCCNC(=O)OCc1ccccc1)NC(=O)OCc1ccccc1)C(=O)OC(C)(C)C)C(=O)OC(C)(C)C. The number of nitrogens with zero attached hydrogens (tertiary/aromatic N) is 2. The van der Waals surface area contributed by atoms with E-state index < -0.39 is 59.2 Å². The molecule has 0 fully saturated rings. The third kappa shape index (κ3) is 26.7. The lowest BCUT2D eigenvalue weighted by atomic mass is 10.1. The van der Waals surface area contributed by atoms with E-state index in [1.165, 1.54) is 0 Å². The maximum atomic E-state index is 13.5. The molecular weight excluding hydrogens is 825 g/mol. The summed E-state index contributed by atoms with van der Waals surface area (Å²) in [6, 6.07) is 17.6. The predicted molar refractivity (Wildman–Crippen MR) is 243 cm³/mol. The number of rotatable bonds is 24. The Hall–Kier alpha value is -5.74. The van der Waals surface area contributed by atoms with E-state index >= 15 is 0 Å². The molecule has 0 aliphatic heterocycles. The van der Waals surface area contributed by atoms with E-state index in [0.717, 1.165) is 11.1 Å². The van der Waals surface area contributed by atoms with Gasteiger partial charge in [-0.15, -0.1) is 0 Å². The van der Waals surface area contributed by atoms with Crippen molar-refractivity contribution in [3.05, 3.63) is 71.8 Å². The first-order chi connectivity index (χ1) is 30.1. The summed E-state index contributed by atoms with van der Waals surface area (Å²) < 4.78 is 27.3. The highest BCUT2D eigenvalue weighted by molar-refractivity contribution is 5.85. The number of unbranched alkanes of at least 4 members (excludes halogenated alkanes) is 2. The van der Waals surface area contributed by atoms with Crippen molar-refractivity contribution in [3.63, 3.8) is 0 Å². The van der Waals surface area contributed by atoms with Crippen molar-refractivity contribution in [2.75, 3.05) is 45.8 Å². The number of nitrogens with one attached hydrogen (secondary N) is 4. The van der Waals surface area contributed by atoms with Gasteiger partial charge in [0.25, 0.3) is 0 Å². The molecule has 0 saturated heterocycles. The topological polar surface area (TPSA) is 203 Å². The van der Waals surface area contributed by atoms with Crippen molar-refractivity contribution < 1.29 is 52.5 Å². The fourth-order valence-corrected chi connectivity index (χ4v) is 5.84. The zero-order chi connectivity index (χ0) is 47.6. The van der Waals surface area contributed by atoms with Crippen molar-refractivity contribution >= 4 is 36.4 Å². The molecule has 0 heterocycles. The molecule has 0 bridgehead atoms. The Morgan fingerprint density at radius 2 is 0.891 bits per heavy atom. The van der Waals surface area contributed by atoms with Crippen LogP contribution >= 0.6 is 0 Å². The summed E-state index contributed by atoms with van der Waals surface area (Å²) in [5.74, 6) is -0.417. The molecule has 0 radical (unpaired) electrons. The Balaban J connectivity index is 1.96. The van der Waals surface area contributed by atoms with Crippen LogP contribution in [0.25, 0.3) is 0 Å². The molecule has 4 N–H and O–H groups in total. The summed E-state index contributed by atoms with van der Waals surface area (Å²) >= 11 is 0. The van der Waals surface area contributed by atoms with Crippen molar-refractivity contribution in [2.45, 2.75) is 143 Å². The minimum absolute atomic E-state index is 0.0306. The Kier molecular flexibility index (Phi) is 23.9. The maximum absolute atomic E-state index is 13.5. The van der Waals surface area contributed by atoms with E-state index in [2.05, 4.69) is 21.3 Å². The van der Waals surface area contributed by atoms with E-state index in [-0.39, 0.29) is 32.7 Å². The summed E-state index contributed by atoms with van der Waals surface area (Å²) in [5, 5.41) is 11.0. The van der Waals surface area contributed by atoms with E-state index in [4.69, 9.17) is 23.7 Å². The third-order valence-electron chi connectivity index (χ3n) is 8.81. The zero-order valence-electron chi connectivity index (χ0n) is 39.5. The molecule has 0 saturated carbocycles. The second-order valence-corrected chi connectivity index (χ2v) is 18.3. The highest BCUT2D eigenvalue weighted by atomic mass is 16.6. The molecule has 0 aliphatic carbocycles. The lowest BCUT2D eigenvalue weighted by Gasteiger charge is -2.29. The van der Waals surface area contributed by atoms with Gasteiger partial charge in [-0.25, -0.2) is 24.0 Å². The van der Waals surface area contributed by atoms with Crippen LogP contribution in [0.2, 0.25) is 0 Å². The fraction of sp³-hybridized carbons (Fsp3) is 0.617. The second-order valence-electron chi connectivity index (χ2n) is 18.3. The van der Waals surface area contributed by atoms with Crippen molar-refractivity contribution in [1.29, 1.82) is 0 Å². The number of carbonyl (C=O) groups excluding carboxylic acids is 6. The van der Waals surface area contributed by atoms with E-state index in [9.17, 15) is 28.8 Å². The molecule has 2 aromatic rings. The molecule has 0 aliphatic rings. The molecule has 0 aromatic heterocycles. The molecule has 6 amide bonds. The molecule has 2 rings (SSSR count). The Bertz CT molecular complexity index is 1710. The number of ether oxygens (including phenoxy) is 5. The zero-order valence-corrected chi connectivity index (χ0v) is 39.5. The van der Waals surface area contributed by atoms with Gasteiger partial charge in [0.1, 0.15) is 36.1 Å². The number of hydrogen-bond acceptors (Lipinski definition) is 11. The van der Waals surface area contributed by atoms with E-state index in [1.807, 2.05) is 60.7 Å². The van der Waals surface area contributed by atoms with Gasteiger partial charge in [0.15, 0.2) is 0 Å². The Morgan fingerprint density at radius 1 is 0.484 bits per heavy atom. The first-order valence-corrected chi connectivity index (χ1v) is 22.2. The summed E-state index contributed by atoms with van der Waals surface area (Å²) in [4.78, 5) is 80.1. The van der Waals surface area contributed by atoms with Crippen LogP contribution < -0.4 is 21.3 Å². The van der Waals surface area contributed by atoms with Gasteiger partial charge in [-0.1, -0.05) is 60.7 Å². The molecule has 17 heteroatoms. The van der Waals surface area contributed by atoms with Crippen LogP contribution in [0, 0.1) is 0 Å². The standard InChI is InChI=1S/C47H74N6O11/c1-45(2,3)62-41(56)50-29-21-33-53(44(59)64-47(7,8)9)31-19-18-30-52(43(58)63-46(4,5)6)32-20-28-48-39(54)38(51-42(57)61-35-37-24-14-11-15-25-37)26-16-17-27-49-40(55)60-34-36-22-12-10-13-23-36/h10-15,22-25,38H,16-21,26-35H2,1-9H3,(H,48,54)(H,49,55)(H,50,56)(H,51,57)/t38-/m0/s1. The van der Waals surface area contributed by atoms with E-state index in [1.54, 1.807) is 72.1 Å². The van der Waals surface area contributed by atoms with Crippen LogP contribution in [0.3, 0.4) is 0 Å². The van der Waals surface area contributed by atoms with Crippen molar-refractivity contribution in [1.82, 2.24) is 31.1 Å². The first kappa shape index (κ1) is 54.4. The average Bonchev–Trinajstić information content (AvgIpc) is 3.20. The molecule has 358 valence electrons. The van der Waals surface area contributed by atoms with Crippen LogP contribution in [-0.4, -0.2) is 115 Å². The minimum Gasteiger partial charge on any atom is -0.445 e. The predicted octanol–water partition coefficient (Wildman–Crippen LogP) is 8.05. The molecule has 2 aromatic carbocycles. The highest BCUT2D eigenvalue weighted by Crippen LogP contribution is 2.14. The Morgan fingerprint density at radius 3 is 1.36 bits per heavy atom. The quantitative estimate of drug-likeness (QED) is 0.0586. The Labute approximate surface area is 380 Å². The molecule has 0 spiro atoms. The lowest BCUT2D eigenvalue weighted by Crippen LogP contribution is -2.47. The van der Waals surface area contributed by atoms with Gasteiger partial charge in [-0.05, 0) is 118 Å². The first-order valence-electron chi connectivity index (χ1n) is 22.2. The second kappa shape index (κ2) is 28.1. The third-order valence-corrected chi connectivity index (χ3v) is 8.81. The number of benzene rings is 2. The summed E-state index contributed by atoms with van der Waals surface area (Å²) in [6.07, 6.45) is 0.440. The molecular formula is C47H74N6O11. The minimum atomic E-state index is -0.920. The fourth-order valence-electron chi connectivity index (χ4n) is 5.84. The van der Waals surface area contributed by atoms with Gasteiger partial charge in [0.05, 0.1) is 0 Å². The van der Waals surface area contributed by atoms with Crippen molar-refractivity contribution in [2.24, 2.45) is 0 Å².